The molecular formula is C25H26F3N5O. The number of nitrogens with two attached hydrogens (primary N) is 1. The number of pyridine rings is 1. The number of halogens is 3. The van der Waals surface area contributed by atoms with E-state index in [1.807, 2.05) is 12.1 Å². The van der Waals surface area contributed by atoms with Gasteiger partial charge in [-0.2, -0.15) is 13.2 Å². The van der Waals surface area contributed by atoms with Crippen LogP contribution in [0, 0.1) is 0 Å². The van der Waals surface area contributed by atoms with Crippen molar-refractivity contribution in [2.45, 2.75) is 38.0 Å². The average molecular weight is 470 g/mol. The molecule has 0 unspecified atom stereocenters. The van der Waals surface area contributed by atoms with E-state index in [1.165, 1.54) is 17.2 Å². The fourth-order valence-electron chi connectivity index (χ4n) is 3.84. The van der Waals surface area contributed by atoms with Crippen LogP contribution in [0.25, 0.3) is 11.6 Å². The van der Waals surface area contributed by atoms with Crippen molar-refractivity contribution in [1.29, 1.82) is 0 Å². The number of nitrogens with one attached hydrogen (secondary N) is 1. The number of carbonyl (C=O) groups is 1. The fourth-order valence-corrected chi connectivity index (χ4v) is 3.84. The van der Waals surface area contributed by atoms with Gasteiger partial charge in [0.15, 0.2) is 0 Å². The number of nitrogens with zero attached hydrogens (tertiary/aromatic N) is 3. The number of hydrogen-bond acceptors (Lipinski definition) is 5. The maximum absolute atomic E-state index is 12.7. The summed E-state index contributed by atoms with van der Waals surface area (Å²) in [6.07, 6.45) is 8.10. The van der Waals surface area contributed by atoms with Crippen molar-refractivity contribution in [3.63, 3.8) is 0 Å². The molecule has 1 fully saturated rings. The van der Waals surface area contributed by atoms with Gasteiger partial charge in [-0.25, -0.2) is 0 Å². The molecule has 3 N–H and O–H groups in total. The molecule has 0 saturated heterocycles. The number of rotatable bonds is 7. The summed E-state index contributed by atoms with van der Waals surface area (Å²) < 4.78 is 38.0. The maximum Gasteiger partial charge on any atom is 0.401 e. The van der Waals surface area contributed by atoms with Crippen LogP contribution in [0.4, 0.5) is 18.9 Å². The summed E-state index contributed by atoms with van der Waals surface area (Å²) in [6.45, 7) is -0.345. The van der Waals surface area contributed by atoms with Gasteiger partial charge >= 0.3 is 6.18 Å². The third-order valence-electron chi connectivity index (χ3n) is 5.70. The summed E-state index contributed by atoms with van der Waals surface area (Å²) in [5, 5.41) is 2.82. The summed E-state index contributed by atoms with van der Waals surface area (Å²) in [6, 6.07) is 7.49. The van der Waals surface area contributed by atoms with Crippen LogP contribution in [0.1, 0.15) is 35.1 Å². The Labute approximate surface area is 196 Å². The maximum atomic E-state index is 12.7. The number of alkyl halides is 3. The topological polar surface area (TPSA) is 83.6 Å². The Hall–Kier alpha value is -3.46. The summed E-state index contributed by atoms with van der Waals surface area (Å²) in [4.78, 5) is 22.5. The number of allylic oxidation sites excluding steroid dienone is 1. The minimum atomic E-state index is -4.21. The second-order valence-corrected chi connectivity index (χ2v) is 8.48. The van der Waals surface area contributed by atoms with E-state index in [9.17, 15) is 18.0 Å². The predicted octanol–water partition coefficient (Wildman–Crippen LogP) is 4.19. The van der Waals surface area contributed by atoms with E-state index in [2.05, 4.69) is 15.3 Å². The van der Waals surface area contributed by atoms with Gasteiger partial charge < -0.3 is 11.1 Å². The molecule has 0 bridgehead atoms. The molecule has 4 rings (SSSR count). The first-order valence-corrected chi connectivity index (χ1v) is 11.1. The highest BCUT2D eigenvalue weighted by atomic mass is 19.4. The van der Waals surface area contributed by atoms with Crippen molar-refractivity contribution in [3.8, 4) is 0 Å². The number of aliphatic imine (C=N–C) groups is 1. The summed E-state index contributed by atoms with van der Waals surface area (Å²) in [7, 11) is 0. The molecule has 0 spiro atoms. The lowest BCUT2D eigenvalue weighted by atomic mass is 9.99. The van der Waals surface area contributed by atoms with Crippen LogP contribution in [0.15, 0.2) is 53.9 Å². The molecule has 2 aromatic rings. The first-order chi connectivity index (χ1) is 16.3. The first-order valence-electron chi connectivity index (χ1n) is 11.1. The molecule has 2 heterocycles. The summed E-state index contributed by atoms with van der Waals surface area (Å²) >= 11 is 0. The lowest BCUT2D eigenvalue weighted by Gasteiger charge is -2.29. The number of carbonyl (C=O) groups excluding carboxylic acids is 1. The number of fused-ring (bicyclic) bond motifs is 1. The van der Waals surface area contributed by atoms with E-state index < -0.39 is 12.7 Å². The average Bonchev–Trinajstić information content (AvgIpc) is 3.62. The van der Waals surface area contributed by atoms with E-state index in [1.54, 1.807) is 36.8 Å². The van der Waals surface area contributed by atoms with Gasteiger partial charge in [-0.3, -0.25) is 19.7 Å². The Morgan fingerprint density at radius 1 is 1.26 bits per heavy atom. The molecule has 2 aliphatic rings. The second-order valence-electron chi connectivity index (χ2n) is 8.48. The molecule has 1 aliphatic heterocycles. The first kappa shape index (κ1) is 23.7. The third-order valence-corrected chi connectivity index (χ3v) is 5.70. The van der Waals surface area contributed by atoms with Crippen LogP contribution in [0.3, 0.4) is 0 Å². The van der Waals surface area contributed by atoms with Crippen molar-refractivity contribution in [2.75, 3.05) is 18.4 Å². The van der Waals surface area contributed by atoms with Crippen LogP contribution < -0.4 is 11.1 Å². The third kappa shape index (κ3) is 6.54. The molecule has 34 heavy (non-hydrogen) atoms. The minimum Gasteiger partial charge on any atom is -0.404 e. The Kier molecular flexibility index (Phi) is 7.12. The highest BCUT2D eigenvalue weighted by Gasteiger charge is 2.32. The monoisotopic (exact) mass is 469 g/mol. The number of benzene rings is 1. The largest absolute Gasteiger partial charge is 0.404 e. The van der Waals surface area contributed by atoms with Crippen molar-refractivity contribution < 1.29 is 18.0 Å². The number of hydrogen-bond donors (Lipinski definition) is 2. The van der Waals surface area contributed by atoms with Crippen molar-refractivity contribution in [3.05, 3.63) is 71.2 Å². The minimum absolute atomic E-state index is 0.244. The molecule has 0 radical (unpaired) electrons. The summed E-state index contributed by atoms with van der Waals surface area (Å²) in [5.74, 6) is -0.325. The molecule has 1 aromatic carbocycles. The van der Waals surface area contributed by atoms with Crippen molar-refractivity contribution in [2.24, 2.45) is 10.7 Å². The van der Waals surface area contributed by atoms with Gasteiger partial charge in [0.2, 0.25) is 5.91 Å². The Morgan fingerprint density at radius 3 is 2.82 bits per heavy atom. The lowest BCUT2D eigenvalue weighted by Crippen LogP contribution is -2.37. The molecule has 9 heteroatoms. The standard InChI is InChI=1S/C25H26F3N5O/c26-25(27,28)16-33-10-8-17-11-22(3-1-19(17)15-33)32-24(34)6-2-18-13-30-9-7-23(18)20(12-29)14-31-21-4-5-21/h1-3,6-7,9,11-14,21H,4-5,8,10,15-16,29H2,(H,32,34)/b6-2+,20-12?,31-14?. The highest BCUT2D eigenvalue weighted by Crippen LogP contribution is 2.26. The van der Waals surface area contributed by atoms with Gasteiger partial charge in [0.05, 0.1) is 12.6 Å². The van der Waals surface area contributed by atoms with Crippen LogP contribution >= 0.6 is 0 Å². The van der Waals surface area contributed by atoms with Gasteiger partial charge in [0, 0.05) is 60.8 Å². The van der Waals surface area contributed by atoms with E-state index in [0.717, 1.165) is 40.7 Å². The van der Waals surface area contributed by atoms with E-state index >= 15 is 0 Å². The zero-order valence-corrected chi connectivity index (χ0v) is 18.6. The van der Waals surface area contributed by atoms with Crippen LogP contribution in [0.5, 0.6) is 0 Å². The zero-order chi connectivity index (χ0) is 24.1. The normalized spacial score (nSPS) is 17.3. The molecule has 0 atom stereocenters. The Bertz CT molecular complexity index is 1140. The molecule has 178 valence electrons. The van der Waals surface area contributed by atoms with E-state index in [4.69, 9.17) is 5.73 Å². The smallest absolute Gasteiger partial charge is 0.401 e. The SMILES string of the molecule is NC=C(C=NC1CC1)c1ccncc1/C=C/C(=O)Nc1ccc2c(c1)CCN(CC(F)(F)F)C2. The second kappa shape index (κ2) is 10.2. The predicted molar refractivity (Wildman–Crippen MR) is 127 cm³/mol. The van der Waals surface area contributed by atoms with Crippen LogP contribution in [-0.4, -0.2) is 47.3 Å². The zero-order valence-electron chi connectivity index (χ0n) is 18.6. The molecule has 1 amide bonds. The van der Waals surface area contributed by atoms with Gasteiger partial charge in [0.1, 0.15) is 0 Å². The molecule has 6 nitrogen and oxygen atoms in total. The van der Waals surface area contributed by atoms with E-state index in [-0.39, 0.29) is 12.5 Å². The molecular weight excluding hydrogens is 443 g/mol. The summed E-state index contributed by atoms with van der Waals surface area (Å²) in [5.41, 5.74) is 10.5. The van der Waals surface area contributed by atoms with Gasteiger partial charge in [-0.05, 0) is 60.2 Å². The van der Waals surface area contributed by atoms with Gasteiger partial charge in [-0.1, -0.05) is 6.07 Å². The molecule has 1 aromatic heterocycles. The molecule has 1 saturated carbocycles. The van der Waals surface area contributed by atoms with Gasteiger partial charge in [0.25, 0.3) is 0 Å². The van der Waals surface area contributed by atoms with Crippen molar-refractivity contribution >= 4 is 29.5 Å². The van der Waals surface area contributed by atoms with Crippen LogP contribution in [0.2, 0.25) is 0 Å². The molecule has 1 aliphatic carbocycles. The fraction of sp³-hybridized carbons (Fsp3) is 0.320. The number of aromatic nitrogens is 1. The van der Waals surface area contributed by atoms with Crippen LogP contribution in [-0.2, 0) is 17.8 Å². The number of amides is 1. The van der Waals surface area contributed by atoms with Crippen molar-refractivity contribution in [1.82, 2.24) is 9.88 Å². The van der Waals surface area contributed by atoms with E-state index in [0.29, 0.717) is 24.7 Å². The number of anilines is 1. The van der Waals surface area contributed by atoms with Gasteiger partial charge in [-0.15, -0.1) is 0 Å². The lowest BCUT2D eigenvalue weighted by molar-refractivity contribution is -0.147. The quantitative estimate of drug-likeness (QED) is 0.471. The Morgan fingerprint density at radius 2 is 2.09 bits per heavy atom. The highest BCUT2D eigenvalue weighted by molar-refractivity contribution is 6.11. The Balaban J connectivity index is 1.41.